The molecule has 15 heavy (non-hydrogen) atoms. The summed E-state index contributed by atoms with van der Waals surface area (Å²) in [5.74, 6) is 0.346. The molecular weight excluding hydrogens is 254 g/mol. The SMILES string of the molecule is C=C(C)C[N+](C)(C)c1ccccc1O.[Br-]. The summed E-state index contributed by atoms with van der Waals surface area (Å²) in [5.41, 5.74) is 2.04. The van der Waals surface area contributed by atoms with Gasteiger partial charge in [-0.15, -0.1) is 0 Å². The second-order valence-electron chi connectivity index (χ2n) is 4.29. The zero-order valence-electron chi connectivity index (χ0n) is 9.50. The first-order valence-electron chi connectivity index (χ1n) is 4.69. The maximum atomic E-state index is 9.71. The first kappa shape index (κ1) is 14.2. The Kier molecular flexibility index (Phi) is 5.05. The Bertz CT molecular complexity index is 347. The van der Waals surface area contributed by atoms with E-state index >= 15 is 0 Å². The van der Waals surface area contributed by atoms with Crippen molar-refractivity contribution in [1.82, 2.24) is 4.48 Å². The molecule has 1 aromatic rings. The first-order valence-corrected chi connectivity index (χ1v) is 4.69. The molecule has 0 unspecified atom stereocenters. The van der Waals surface area contributed by atoms with Crippen molar-refractivity contribution in [2.45, 2.75) is 6.92 Å². The van der Waals surface area contributed by atoms with E-state index in [0.717, 1.165) is 17.8 Å². The van der Waals surface area contributed by atoms with Gasteiger partial charge in [0, 0.05) is 6.07 Å². The number of aromatic hydroxyl groups is 1. The number of phenolic OH excluding ortho intramolecular Hbond substituents is 1. The summed E-state index contributed by atoms with van der Waals surface area (Å²) >= 11 is 0. The molecule has 0 amide bonds. The number of hydrogen-bond donors (Lipinski definition) is 1. The molecule has 0 saturated carbocycles. The molecular formula is C12H18BrNO. The predicted octanol–water partition coefficient (Wildman–Crippen LogP) is -0.461. The minimum atomic E-state index is 0. The Morgan fingerprint density at radius 2 is 1.87 bits per heavy atom. The van der Waals surface area contributed by atoms with Gasteiger partial charge in [-0.05, 0) is 18.6 Å². The van der Waals surface area contributed by atoms with E-state index in [1.807, 2.05) is 25.1 Å². The molecule has 2 nitrogen and oxygen atoms in total. The lowest BCUT2D eigenvalue weighted by Gasteiger charge is -2.29. The quantitative estimate of drug-likeness (QED) is 0.583. The first-order chi connectivity index (χ1) is 6.43. The summed E-state index contributed by atoms with van der Waals surface area (Å²) in [6.45, 7) is 6.73. The molecule has 0 fully saturated rings. The highest BCUT2D eigenvalue weighted by atomic mass is 79.9. The fourth-order valence-electron chi connectivity index (χ4n) is 1.74. The van der Waals surface area contributed by atoms with Crippen LogP contribution in [-0.2, 0) is 0 Å². The van der Waals surface area contributed by atoms with Gasteiger partial charge in [0.25, 0.3) is 0 Å². The highest BCUT2D eigenvalue weighted by Gasteiger charge is 2.22. The van der Waals surface area contributed by atoms with Crippen molar-refractivity contribution in [3.63, 3.8) is 0 Å². The molecule has 0 aliphatic rings. The van der Waals surface area contributed by atoms with Crippen molar-refractivity contribution in [2.75, 3.05) is 20.6 Å². The average Bonchev–Trinajstić information content (AvgIpc) is 2.02. The summed E-state index contributed by atoms with van der Waals surface area (Å²) < 4.78 is 0.627. The summed E-state index contributed by atoms with van der Waals surface area (Å²) in [5, 5.41) is 9.71. The van der Waals surface area contributed by atoms with Crippen molar-refractivity contribution < 1.29 is 22.1 Å². The van der Waals surface area contributed by atoms with Gasteiger partial charge in [0.2, 0.25) is 0 Å². The third-order valence-electron chi connectivity index (χ3n) is 2.20. The van der Waals surface area contributed by atoms with Crippen LogP contribution < -0.4 is 21.5 Å². The van der Waals surface area contributed by atoms with Gasteiger partial charge in [0.15, 0.2) is 11.4 Å². The van der Waals surface area contributed by atoms with E-state index in [1.165, 1.54) is 0 Å². The van der Waals surface area contributed by atoms with E-state index in [0.29, 0.717) is 10.2 Å². The van der Waals surface area contributed by atoms with Crippen LogP contribution in [0.25, 0.3) is 0 Å². The van der Waals surface area contributed by atoms with Crippen molar-refractivity contribution in [1.29, 1.82) is 0 Å². The maximum Gasteiger partial charge on any atom is 0.177 e. The number of halogens is 1. The molecule has 0 heterocycles. The molecule has 3 heteroatoms. The topological polar surface area (TPSA) is 20.2 Å². The fourth-order valence-corrected chi connectivity index (χ4v) is 1.74. The Morgan fingerprint density at radius 1 is 1.33 bits per heavy atom. The number of para-hydroxylation sites is 2. The number of hydrogen-bond acceptors (Lipinski definition) is 1. The lowest BCUT2D eigenvalue weighted by molar-refractivity contribution is -0.00000434. The van der Waals surface area contributed by atoms with Crippen LogP contribution in [0.3, 0.4) is 0 Å². The molecule has 0 saturated heterocycles. The molecule has 0 atom stereocenters. The van der Waals surface area contributed by atoms with Gasteiger partial charge in [-0.3, -0.25) is 4.48 Å². The molecule has 0 radical (unpaired) electrons. The van der Waals surface area contributed by atoms with E-state index in [-0.39, 0.29) is 17.0 Å². The summed E-state index contributed by atoms with van der Waals surface area (Å²) in [7, 11) is 4.12. The second kappa shape index (κ2) is 5.33. The smallest absolute Gasteiger partial charge is 0.177 e. The van der Waals surface area contributed by atoms with Gasteiger partial charge in [0.05, 0.1) is 14.1 Å². The van der Waals surface area contributed by atoms with Crippen LogP contribution in [-0.4, -0.2) is 25.7 Å². The standard InChI is InChI=1S/C12H17NO.BrH/c1-10(2)9-13(3,4)11-7-5-6-8-12(11)14;/h5-8H,1,9H2,2-4H3;1H. The monoisotopic (exact) mass is 271 g/mol. The number of quaternary nitrogens is 1. The fraction of sp³-hybridized carbons (Fsp3) is 0.333. The third kappa shape index (κ3) is 3.68. The molecule has 1 rings (SSSR count). The van der Waals surface area contributed by atoms with E-state index in [9.17, 15) is 5.11 Å². The van der Waals surface area contributed by atoms with Gasteiger partial charge >= 0.3 is 0 Å². The normalized spacial score (nSPS) is 10.6. The predicted molar refractivity (Wildman–Crippen MR) is 61.4 cm³/mol. The van der Waals surface area contributed by atoms with Gasteiger partial charge in [-0.2, -0.15) is 0 Å². The lowest BCUT2D eigenvalue weighted by Crippen LogP contribution is -3.00. The van der Waals surface area contributed by atoms with E-state index in [1.54, 1.807) is 6.07 Å². The molecule has 0 spiro atoms. The van der Waals surface area contributed by atoms with Gasteiger partial charge in [0.1, 0.15) is 6.54 Å². The minimum Gasteiger partial charge on any atom is -1.00 e. The molecule has 0 aliphatic carbocycles. The molecule has 84 valence electrons. The van der Waals surface area contributed by atoms with Crippen molar-refractivity contribution in [3.05, 3.63) is 36.4 Å². The van der Waals surface area contributed by atoms with Crippen LogP contribution in [0.15, 0.2) is 36.4 Å². The molecule has 1 aromatic carbocycles. The largest absolute Gasteiger partial charge is 1.00 e. The van der Waals surface area contributed by atoms with Crippen molar-refractivity contribution in [2.24, 2.45) is 0 Å². The highest BCUT2D eigenvalue weighted by molar-refractivity contribution is 5.54. The van der Waals surface area contributed by atoms with Crippen LogP contribution in [0.2, 0.25) is 0 Å². The molecule has 0 aliphatic heterocycles. The van der Waals surface area contributed by atoms with Gasteiger partial charge in [-0.1, -0.05) is 18.7 Å². The number of nitrogens with zero attached hydrogens (tertiary/aromatic N) is 1. The van der Waals surface area contributed by atoms with E-state index in [4.69, 9.17) is 0 Å². The molecule has 1 N–H and O–H groups in total. The van der Waals surface area contributed by atoms with Crippen molar-refractivity contribution >= 4 is 5.69 Å². The average molecular weight is 272 g/mol. The third-order valence-corrected chi connectivity index (χ3v) is 2.20. The van der Waals surface area contributed by atoms with E-state index in [2.05, 4.69) is 20.7 Å². The number of likely N-dealkylation sites (N-methyl/N-ethyl adjacent to an activating group) is 1. The van der Waals surface area contributed by atoms with Crippen LogP contribution >= 0.6 is 0 Å². The number of rotatable bonds is 3. The Hall–Kier alpha value is -0.800. The number of benzene rings is 1. The van der Waals surface area contributed by atoms with Crippen LogP contribution in [0.5, 0.6) is 5.75 Å². The number of phenols is 1. The Balaban J connectivity index is 0.00000196. The van der Waals surface area contributed by atoms with Gasteiger partial charge in [-0.25, -0.2) is 0 Å². The second-order valence-corrected chi connectivity index (χ2v) is 4.29. The van der Waals surface area contributed by atoms with Crippen LogP contribution in [0.1, 0.15) is 6.92 Å². The molecule has 0 aromatic heterocycles. The summed E-state index contributed by atoms with van der Waals surface area (Å²) in [6.07, 6.45) is 0. The van der Waals surface area contributed by atoms with Crippen molar-refractivity contribution in [3.8, 4) is 5.75 Å². The summed E-state index contributed by atoms with van der Waals surface area (Å²) in [4.78, 5) is 0. The zero-order valence-corrected chi connectivity index (χ0v) is 11.1. The zero-order chi connectivity index (χ0) is 10.8. The molecule has 0 bridgehead atoms. The van der Waals surface area contributed by atoms with E-state index < -0.39 is 0 Å². The Labute approximate surface area is 102 Å². The highest BCUT2D eigenvalue weighted by Crippen LogP contribution is 2.29. The maximum absolute atomic E-state index is 9.71. The van der Waals surface area contributed by atoms with Crippen LogP contribution in [0, 0.1) is 0 Å². The Morgan fingerprint density at radius 3 is 2.33 bits per heavy atom. The lowest BCUT2D eigenvalue weighted by atomic mass is 10.2. The van der Waals surface area contributed by atoms with Gasteiger partial charge < -0.3 is 22.1 Å². The minimum absolute atomic E-state index is 0. The van der Waals surface area contributed by atoms with Crippen LogP contribution in [0.4, 0.5) is 5.69 Å². The summed E-state index contributed by atoms with van der Waals surface area (Å²) in [6, 6.07) is 7.43.